The second-order valence-corrected chi connectivity index (χ2v) is 6.70. The maximum absolute atomic E-state index is 11.3. The highest BCUT2D eigenvalue weighted by Gasteiger charge is 2.15. The molecule has 1 amide bonds. The van der Waals surface area contributed by atoms with Gasteiger partial charge in [-0.2, -0.15) is 0 Å². The zero-order valence-electron chi connectivity index (χ0n) is 9.87. The Morgan fingerprint density at radius 2 is 2.38 bits per heavy atom. The monoisotopic (exact) mass is 263 g/mol. The Morgan fingerprint density at radius 1 is 1.50 bits per heavy atom. The normalized spacial score (nSPS) is 19.9. The molecule has 1 saturated heterocycles. The van der Waals surface area contributed by atoms with Crippen LogP contribution in [0.5, 0.6) is 0 Å². The van der Waals surface area contributed by atoms with E-state index in [0.29, 0.717) is 19.6 Å². The molecule has 1 N–H and O–H groups in total. The number of carbonyl (C=O) groups is 1. The zero-order valence-corrected chi connectivity index (χ0v) is 11.5. The maximum Gasteiger partial charge on any atom is 0.220 e. The summed E-state index contributed by atoms with van der Waals surface area (Å²) in [4.78, 5) is 11.3. The Labute approximate surface area is 106 Å². The molecule has 0 aromatic rings. The maximum atomic E-state index is 11.3. The molecule has 0 aromatic carbocycles. The Kier molecular flexibility index (Phi) is 8.15. The first-order valence-corrected chi connectivity index (χ1v) is 8.25. The summed E-state index contributed by atoms with van der Waals surface area (Å²) in [5.41, 5.74) is 0. The van der Waals surface area contributed by atoms with Crippen LogP contribution in [0.15, 0.2) is 0 Å². The quantitative estimate of drug-likeness (QED) is 0.539. The van der Waals surface area contributed by atoms with E-state index in [1.165, 1.54) is 25.0 Å². The number of ether oxygens (including phenoxy) is 1. The number of unbranched alkanes of at least 4 members (excludes halogenated alkanes) is 1. The van der Waals surface area contributed by atoms with Crippen LogP contribution in [0.4, 0.5) is 0 Å². The lowest BCUT2D eigenvalue weighted by Gasteiger charge is -2.07. The molecule has 16 heavy (non-hydrogen) atoms. The van der Waals surface area contributed by atoms with Gasteiger partial charge in [0.2, 0.25) is 5.91 Å². The number of amides is 1. The lowest BCUT2D eigenvalue weighted by atomic mass is 10.1. The van der Waals surface area contributed by atoms with E-state index in [0.717, 1.165) is 11.7 Å². The van der Waals surface area contributed by atoms with Crippen LogP contribution in [0, 0.1) is 0 Å². The van der Waals surface area contributed by atoms with Crippen LogP contribution in [-0.2, 0) is 9.53 Å². The number of methoxy groups -OCH3 is 1. The van der Waals surface area contributed by atoms with Gasteiger partial charge in [0.05, 0.1) is 6.61 Å². The minimum Gasteiger partial charge on any atom is -0.383 e. The average molecular weight is 263 g/mol. The topological polar surface area (TPSA) is 38.3 Å². The molecule has 3 nitrogen and oxygen atoms in total. The Morgan fingerprint density at radius 3 is 3.06 bits per heavy atom. The fourth-order valence-corrected chi connectivity index (χ4v) is 4.63. The van der Waals surface area contributed by atoms with Gasteiger partial charge in [0.15, 0.2) is 0 Å². The van der Waals surface area contributed by atoms with Crippen molar-refractivity contribution >= 4 is 27.5 Å². The molecule has 0 aromatic heterocycles. The van der Waals surface area contributed by atoms with Crippen molar-refractivity contribution in [1.82, 2.24) is 5.32 Å². The summed E-state index contributed by atoms with van der Waals surface area (Å²) < 4.78 is 4.87. The van der Waals surface area contributed by atoms with Crippen molar-refractivity contribution in [3.05, 3.63) is 0 Å². The fraction of sp³-hybridized carbons (Fsp3) is 0.909. The smallest absolute Gasteiger partial charge is 0.220 e. The van der Waals surface area contributed by atoms with E-state index in [9.17, 15) is 4.79 Å². The van der Waals surface area contributed by atoms with E-state index in [1.54, 1.807) is 7.11 Å². The lowest BCUT2D eigenvalue weighted by Crippen LogP contribution is -2.26. The number of hydrogen-bond acceptors (Lipinski definition) is 4. The highest BCUT2D eigenvalue weighted by Crippen LogP contribution is 2.39. The van der Waals surface area contributed by atoms with Gasteiger partial charge < -0.3 is 10.1 Å². The van der Waals surface area contributed by atoms with Crippen LogP contribution in [0.25, 0.3) is 0 Å². The summed E-state index contributed by atoms with van der Waals surface area (Å²) in [6, 6.07) is 0. The van der Waals surface area contributed by atoms with Crippen LogP contribution in [0.3, 0.4) is 0 Å². The van der Waals surface area contributed by atoms with E-state index in [2.05, 4.69) is 5.32 Å². The largest absolute Gasteiger partial charge is 0.383 e. The molecule has 1 aliphatic rings. The third-order valence-corrected chi connectivity index (χ3v) is 5.54. The Balaban J connectivity index is 1.87. The van der Waals surface area contributed by atoms with Crippen LogP contribution in [-0.4, -0.2) is 37.2 Å². The van der Waals surface area contributed by atoms with Crippen molar-refractivity contribution < 1.29 is 9.53 Å². The highest BCUT2D eigenvalue weighted by molar-refractivity contribution is 8.77. The third-order valence-electron chi connectivity index (χ3n) is 2.54. The molecule has 0 aliphatic carbocycles. The fourth-order valence-electron chi connectivity index (χ4n) is 1.60. The molecule has 1 unspecified atom stereocenters. The van der Waals surface area contributed by atoms with E-state index >= 15 is 0 Å². The van der Waals surface area contributed by atoms with E-state index in [1.807, 2.05) is 21.6 Å². The molecule has 0 saturated carbocycles. The van der Waals surface area contributed by atoms with Crippen LogP contribution in [0.1, 0.15) is 32.1 Å². The van der Waals surface area contributed by atoms with Gasteiger partial charge in [-0.05, 0) is 19.3 Å². The van der Waals surface area contributed by atoms with Crippen molar-refractivity contribution in [2.45, 2.75) is 37.4 Å². The Hall–Kier alpha value is 0.130. The molecule has 1 aliphatic heterocycles. The predicted octanol–water partition coefficient (Wildman–Crippen LogP) is 2.46. The van der Waals surface area contributed by atoms with Gasteiger partial charge in [0, 0.05) is 31.1 Å². The zero-order chi connectivity index (χ0) is 11.6. The summed E-state index contributed by atoms with van der Waals surface area (Å²) in [7, 11) is 5.64. The molecular formula is C11H21NO2S2. The predicted molar refractivity (Wildman–Crippen MR) is 71.8 cm³/mol. The highest BCUT2D eigenvalue weighted by atomic mass is 33.1. The van der Waals surface area contributed by atoms with Crippen molar-refractivity contribution in [3.8, 4) is 0 Å². The van der Waals surface area contributed by atoms with Gasteiger partial charge in [-0.15, -0.1) is 0 Å². The summed E-state index contributed by atoms with van der Waals surface area (Å²) in [6.45, 7) is 1.23. The SMILES string of the molecule is COCCNC(=O)CCCCC1CCSS1. The van der Waals surface area contributed by atoms with Gasteiger partial charge in [-0.1, -0.05) is 28.0 Å². The second kappa shape index (κ2) is 9.19. The molecule has 94 valence electrons. The van der Waals surface area contributed by atoms with Crippen molar-refractivity contribution in [1.29, 1.82) is 0 Å². The molecule has 0 bridgehead atoms. The van der Waals surface area contributed by atoms with E-state index in [-0.39, 0.29) is 5.91 Å². The number of carbonyl (C=O) groups excluding carboxylic acids is 1. The van der Waals surface area contributed by atoms with Gasteiger partial charge in [-0.25, -0.2) is 0 Å². The number of hydrogen-bond donors (Lipinski definition) is 1. The summed E-state index contributed by atoms with van der Waals surface area (Å²) >= 11 is 0. The lowest BCUT2D eigenvalue weighted by molar-refractivity contribution is -0.121. The van der Waals surface area contributed by atoms with E-state index in [4.69, 9.17) is 4.74 Å². The minimum absolute atomic E-state index is 0.158. The number of rotatable bonds is 8. The van der Waals surface area contributed by atoms with Crippen LogP contribution in [0.2, 0.25) is 0 Å². The van der Waals surface area contributed by atoms with Crippen molar-refractivity contribution in [2.24, 2.45) is 0 Å². The van der Waals surface area contributed by atoms with Gasteiger partial charge >= 0.3 is 0 Å². The average Bonchev–Trinajstić information content (AvgIpc) is 2.78. The molecule has 1 fully saturated rings. The van der Waals surface area contributed by atoms with Crippen LogP contribution < -0.4 is 5.32 Å². The van der Waals surface area contributed by atoms with Crippen LogP contribution >= 0.6 is 21.6 Å². The number of nitrogens with one attached hydrogen (secondary N) is 1. The first-order valence-electron chi connectivity index (χ1n) is 5.87. The van der Waals surface area contributed by atoms with Gasteiger partial charge in [-0.3, -0.25) is 4.79 Å². The molecule has 1 heterocycles. The van der Waals surface area contributed by atoms with Crippen molar-refractivity contribution in [3.63, 3.8) is 0 Å². The first kappa shape index (κ1) is 14.2. The summed E-state index contributed by atoms with van der Waals surface area (Å²) in [6.07, 6.45) is 5.46. The second-order valence-electron chi connectivity index (χ2n) is 3.92. The van der Waals surface area contributed by atoms with Gasteiger partial charge in [0.25, 0.3) is 0 Å². The first-order chi connectivity index (χ1) is 7.83. The molecule has 1 atom stereocenters. The Bertz CT molecular complexity index is 196. The molecule has 0 spiro atoms. The van der Waals surface area contributed by atoms with E-state index < -0.39 is 0 Å². The molecule has 1 rings (SSSR count). The minimum atomic E-state index is 0.158. The summed E-state index contributed by atoms with van der Waals surface area (Å²) in [5, 5.41) is 3.67. The molecular weight excluding hydrogens is 242 g/mol. The molecule has 5 heteroatoms. The molecule has 0 radical (unpaired) electrons. The van der Waals surface area contributed by atoms with Gasteiger partial charge in [0.1, 0.15) is 0 Å². The van der Waals surface area contributed by atoms with Crippen molar-refractivity contribution in [2.75, 3.05) is 26.0 Å². The summed E-state index contributed by atoms with van der Waals surface area (Å²) in [5.74, 6) is 1.46. The third kappa shape index (κ3) is 6.66. The standard InChI is InChI=1S/C11H21NO2S2/c1-14-8-7-12-11(13)5-3-2-4-10-6-9-15-16-10/h10H,2-9H2,1H3,(H,12,13).